The first kappa shape index (κ1) is 27.3. The van der Waals surface area contributed by atoms with Crippen LogP contribution in [0.15, 0.2) is 163 Å². The van der Waals surface area contributed by atoms with E-state index in [1.807, 2.05) is 17.8 Å². The molecule has 8 aromatic rings. The topological polar surface area (TPSA) is 43.6 Å². The number of allylic oxidation sites excluding steroid dienone is 3. The van der Waals surface area contributed by atoms with Gasteiger partial charge in [-0.2, -0.15) is 9.97 Å². The average Bonchev–Trinajstić information content (AvgIpc) is 3.69. The fourth-order valence-electron chi connectivity index (χ4n) is 7.31. The summed E-state index contributed by atoms with van der Waals surface area (Å²) in [4.78, 5) is 17.1. The van der Waals surface area contributed by atoms with Crippen LogP contribution in [0.1, 0.15) is 11.5 Å². The number of para-hydroxylation sites is 1. The van der Waals surface area contributed by atoms with Crippen molar-refractivity contribution in [2.45, 2.75) is 16.1 Å². The number of rotatable bonds is 4. The third kappa shape index (κ3) is 4.35. The van der Waals surface area contributed by atoms with Gasteiger partial charge in [0.15, 0.2) is 11.6 Å². The van der Waals surface area contributed by atoms with Crippen LogP contribution in [-0.2, 0) is 0 Å². The lowest BCUT2D eigenvalue weighted by atomic mass is 9.91. The molecule has 0 fully saturated rings. The van der Waals surface area contributed by atoms with Crippen LogP contribution >= 0.6 is 11.8 Å². The molecule has 0 spiro atoms. The molecular weight excluding hydrogens is 605 g/mol. The first-order valence-corrected chi connectivity index (χ1v) is 17.2. The van der Waals surface area contributed by atoms with E-state index >= 15 is 0 Å². The molecule has 0 saturated carbocycles. The number of benzene rings is 6. The first-order valence-electron chi connectivity index (χ1n) is 16.3. The highest BCUT2D eigenvalue weighted by Gasteiger charge is 2.31. The summed E-state index contributed by atoms with van der Waals surface area (Å²) in [6, 6.07) is 47.2. The Morgan fingerprint density at radius 2 is 1.25 bits per heavy atom. The number of nitrogens with zero attached hydrogens (tertiary/aromatic N) is 4. The Morgan fingerprint density at radius 1 is 0.521 bits per heavy atom. The number of hydrogen-bond donors (Lipinski definition) is 0. The van der Waals surface area contributed by atoms with Crippen LogP contribution in [0, 0.1) is 0 Å². The molecule has 10 rings (SSSR count). The predicted octanol–water partition coefficient (Wildman–Crippen LogP) is 10.8. The van der Waals surface area contributed by atoms with Gasteiger partial charge < -0.3 is 0 Å². The molecule has 1 aliphatic heterocycles. The normalized spacial score (nSPS) is 16.5. The van der Waals surface area contributed by atoms with Gasteiger partial charge in [-0.15, -0.1) is 11.8 Å². The SMILES string of the molecule is C1=CC2Sc3ccc(-c4nc(-c5ccccc5-c5ccccc5)nc(-n5c6ccccc6c6cc7ccccc7cc65)n4)cc3C2C=C1. The van der Waals surface area contributed by atoms with Crippen LogP contribution in [0.4, 0.5) is 0 Å². The zero-order valence-electron chi connectivity index (χ0n) is 25.9. The van der Waals surface area contributed by atoms with Crippen molar-refractivity contribution >= 4 is 44.3 Å². The fraction of sp³-hybridized carbons (Fsp3) is 0.0465. The average molecular weight is 633 g/mol. The Labute approximate surface area is 282 Å². The van der Waals surface area contributed by atoms with Crippen molar-refractivity contribution in [1.82, 2.24) is 19.5 Å². The molecule has 6 aromatic carbocycles. The highest BCUT2D eigenvalue weighted by atomic mass is 32.2. The van der Waals surface area contributed by atoms with Crippen molar-refractivity contribution < 1.29 is 0 Å². The quantitative estimate of drug-likeness (QED) is 0.194. The van der Waals surface area contributed by atoms with Gasteiger partial charge >= 0.3 is 0 Å². The molecule has 2 aromatic heterocycles. The summed E-state index contributed by atoms with van der Waals surface area (Å²) in [5.74, 6) is 2.26. The Balaban J connectivity index is 1.25. The molecular formula is C43H28N4S. The molecule has 0 bridgehead atoms. The maximum absolute atomic E-state index is 5.29. The number of hydrogen-bond acceptors (Lipinski definition) is 4. The summed E-state index contributed by atoms with van der Waals surface area (Å²) >= 11 is 1.93. The van der Waals surface area contributed by atoms with Crippen LogP contribution in [0.2, 0.25) is 0 Å². The molecule has 48 heavy (non-hydrogen) atoms. The molecule has 5 heteroatoms. The second kappa shape index (κ2) is 10.9. The number of fused-ring (bicyclic) bond motifs is 7. The van der Waals surface area contributed by atoms with Crippen molar-refractivity contribution in [3.05, 3.63) is 163 Å². The Bertz CT molecular complexity index is 2620. The van der Waals surface area contributed by atoms with Gasteiger partial charge in [-0.3, -0.25) is 4.57 Å². The first-order chi connectivity index (χ1) is 23.8. The maximum Gasteiger partial charge on any atom is 0.238 e. The highest BCUT2D eigenvalue weighted by Crippen LogP contribution is 2.49. The Morgan fingerprint density at radius 3 is 2.15 bits per heavy atom. The summed E-state index contributed by atoms with van der Waals surface area (Å²) in [6.45, 7) is 0. The van der Waals surface area contributed by atoms with Gasteiger partial charge in [-0.25, -0.2) is 4.98 Å². The molecule has 3 heterocycles. The van der Waals surface area contributed by atoms with Gasteiger partial charge in [-0.1, -0.05) is 127 Å². The molecule has 0 amide bonds. The van der Waals surface area contributed by atoms with E-state index in [0.29, 0.717) is 28.8 Å². The summed E-state index contributed by atoms with van der Waals surface area (Å²) < 4.78 is 2.21. The van der Waals surface area contributed by atoms with E-state index in [1.165, 1.54) is 32.0 Å². The summed E-state index contributed by atoms with van der Waals surface area (Å²) in [5, 5.41) is 5.16. The van der Waals surface area contributed by atoms with E-state index in [1.54, 1.807) is 0 Å². The lowest BCUT2D eigenvalue weighted by molar-refractivity contribution is 0.880. The van der Waals surface area contributed by atoms with Crippen LogP contribution in [0.3, 0.4) is 0 Å². The Kier molecular flexibility index (Phi) is 6.21. The molecule has 0 N–H and O–H groups in total. The largest absolute Gasteiger partial charge is 0.278 e. The third-order valence-electron chi connectivity index (χ3n) is 9.59. The lowest BCUT2D eigenvalue weighted by Gasteiger charge is -2.15. The van der Waals surface area contributed by atoms with E-state index in [9.17, 15) is 0 Å². The molecule has 2 atom stereocenters. The van der Waals surface area contributed by atoms with Crippen LogP contribution in [0.5, 0.6) is 0 Å². The summed E-state index contributed by atoms with van der Waals surface area (Å²) in [5.41, 5.74) is 7.64. The van der Waals surface area contributed by atoms with Crippen LogP contribution < -0.4 is 0 Å². The maximum atomic E-state index is 5.29. The molecule has 4 nitrogen and oxygen atoms in total. The van der Waals surface area contributed by atoms with Gasteiger partial charge in [0.25, 0.3) is 0 Å². The molecule has 226 valence electrons. The van der Waals surface area contributed by atoms with E-state index in [0.717, 1.165) is 33.3 Å². The smallest absolute Gasteiger partial charge is 0.238 e. The fourth-order valence-corrected chi connectivity index (χ4v) is 8.64. The van der Waals surface area contributed by atoms with E-state index in [2.05, 4.69) is 156 Å². The van der Waals surface area contributed by atoms with Crippen molar-refractivity contribution in [3.8, 4) is 39.9 Å². The van der Waals surface area contributed by atoms with Crippen molar-refractivity contribution in [2.24, 2.45) is 0 Å². The van der Waals surface area contributed by atoms with Crippen molar-refractivity contribution in [2.75, 3.05) is 0 Å². The van der Waals surface area contributed by atoms with E-state index in [4.69, 9.17) is 15.0 Å². The van der Waals surface area contributed by atoms with Crippen LogP contribution in [-0.4, -0.2) is 24.8 Å². The van der Waals surface area contributed by atoms with Gasteiger partial charge in [0.05, 0.1) is 11.0 Å². The lowest BCUT2D eigenvalue weighted by Crippen LogP contribution is -2.08. The predicted molar refractivity (Wildman–Crippen MR) is 199 cm³/mol. The standard InChI is InChI=1S/C43H28N4S/c1-2-12-27(13-3-1)31-16-6-7-19-34(31)42-44-41(30-22-23-40-36(25-30)33-18-9-11-21-39(33)48-40)45-43(46-42)47-37-20-10-8-17-32(37)35-24-28-14-4-5-15-29(28)26-38(35)47/h1-26,33,39H. The van der Waals surface area contributed by atoms with Gasteiger partial charge in [0, 0.05) is 38.0 Å². The Hall–Kier alpha value is -5.78. The second-order valence-electron chi connectivity index (χ2n) is 12.4. The number of aromatic nitrogens is 4. The van der Waals surface area contributed by atoms with Gasteiger partial charge in [-0.05, 0) is 57.8 Å². The summed E-state index contributed by atoms with van der Waals surface area (Å²) in [7, 11) is 0. The minimum atomic E-state index is 0.347. The number of thioether (sulfide) groups is 1. The molecule has 1 aliphatic carbocycles. The second-order valence-corrected chi connectivity index (χ2v) is 13.6. The van der Waals surface area contributed by atoms with Crippen molar-refractivity contribution in [3.63, 3.8) is 0 Å². The molecule has 0 saturated heterocycles. The zero-order valence-corrected chi connectivity index (χ0v) is 26.7. The molecule has 2 unspecified atom stereocenters. The summed E-state index contributed by atoms with van der Waals surface area (Å²) in [6.07, 6.45) is 8.94. The highest BCUT2D eigenvalue weighted by molar-refractivity contribution is 8.00. The van der Waals surface area contributed by atoms with E-state index < -0.39 is 0 Å². The third-order valence-corrected chi connectivity index (χ3v) is 10.9. The van der Waals surface area contributed by atoms with Gasteiger partial charge in [0.2, 0.25) is 5.95 Å². The van der Waals surface area contributed by atoms with Crippen LogP contribution in [0.25, 0.3) is 72.4 Å². The van der Waals surface area contributed by atoms with Crippen molar-refractivity contribution in [1.29, 1.82) is 0 Å². The molecule has 2 aliphatic rings. The molecule has 0 radical (unpaired) electrons. The minimum Gasteiger partial charge on any atom is -0.278 e. The monoisotopic (exact) mass is 632 g/mol. The van der Waals surface area contributed by atoms with Gasteiger partial charge in [0.1, 0.15) is 0 Å². The minimum absolute atomic E-state index is 0.347. The van der Waals surface area contributed by atoms with E-state index in [-0.39, 0.29) is 0 Å². The zero-order chi connectivity index (χ0) is 31.6.